The van der Waals surface area contributed by atoms with Gasteiger partial charge in [0.2, 0.25) is 0 Å². The lowest BCUT2D eigenvalue weighted by Crippen LogP contribution is -2.40. The smallest absolute Gasteiger partial charge is 0.336 e. The van der Waals surface area contributed by atoms with Crippen molar-refractivity contribution < 1.29 is 18.4 Å². The molecule has 0 amide bonds. The third-order valence-electron chi connectivity index (χ3n) is 4.82. The fourth-order valence-electron chi connectivity index (χ4n) is 3.01. The summed E-state index contributed by atoms with van der Waals surface area (Å²) >= 11 is 0. The molecule has 1 aromatic carbocycles. The minimum atomic E-state index is -0.373. The second kappa shape index (κ2) is 8.53. The van der Waals surface area contributed by atoms with E-state index >= 15 is 0 Å². The molecule has 0 N–H and O–H groups in total. The fourth-order valence-corrected chi connectivity index (χ4v) is 3.01. The minimum Gasteiger partial charge on any atom is -0.494 e. The first-order valence-electron chi connectivity index (χ1n) is 9.32. The quantitative estimate of drug-likeness (QED) is 0.398. The van der Waals surface area contributed by atoms with Crippen LogP contribution >= 0.6 is 0 Å². The molecule has 0 aliphatic rings. The number of ketones is 1. The van der Waals surface area contributed by atoms with Gasteiger partial charge in [0.15, 0.2) is 5.78 Å². The first-order chi connectivity index (χ1) is 12.6. The molecule has 0 aliphatic carbocycles. The number of Topliss-reactive ketones (excluding diaryl/α,β-unsaturated/α-hetero) is 1. The average molecular weight is 372 g/mol. The molecule has 0 saturated carbocycles. The van der Waals surface area contributed by atoms with Crippen LogP contribution in [0.2, 0.25) is 0 Å². The number of fused-ring (bicyclic) bond motifs is 1. The Morgan fingerprint density at radius 3 is 2.48 bits per heavy atom. The summed E-state index contributed by atoms with van der Waals surface area (Å²) in [6.07, 6.45) is 0.484. The number of quaternary nitrogens is 1. The maximum absolute atomic E-state index is 12.3. The van der Waals surface area contributed by atoms with Crippen LogP contribution in [0.5, 0.6) is 5.75 Å². The molecule has 0 aliphatic heterocycles. The van der Waals surface area contributed by atoms with Gasteiger partial charge in [0.05, 0.1) is 33.7 Å². The Balaban J connectivity index is 2.24. The van der Waals surface area contributed by atoms with Crippen LogP contribution in [0.1, 0.15) is 39.7 Å². The Morgan fingerprint density at radius 2 is 1.85 bits per heavy atom. The standard InChI is InChI=1S/C22H30NO4/c1-7-26-18-8-9-19-17(12-22(25)27-21(19)13-18)14-23(5,6)11-10-20(24)16(4)15(2)3/h8-9,12-13H,7,10-11,14H2,1-6H3/q+1. The fraction of sp³-hybridized carbons (Fsp3) is 0.455. The molecule has 5 nitrogen and oxygen atoms in total. The van der Waals surface area contributed by atoms with Gasteiger partial charge in [-0.25, -0.2) is 4.79 Å². The van der Waals surface area contributed by atoms with E-state index in [4.69, 9.17) is 9.15 Å². The molecule has 0 saturated heterocycles. The predicted molar refractivity (Wildman–Crippen MR) is 108 cm³/mol. The number of hydrogen-bond donors (Lipinski definition) is 0. The number of carbonyl (C=O) groups excluding carboxylic acids is 1. The second-order valence-electron chi connectivity index (χ2n) is 7.80. The highest BCUT2D eigenvalue weighted by molar-refractivity contribution is 5.95. The molecule has 0 spiro atoms. The Bertz CT molecular complexity index is 918. The largest absolute Gasteiger partial charge is 0.494 e. The molecular weight excluding hydrogens is 342 g/mol. The van der Waals surface area contributed by atoms with Gasteiger partial charge in [-0.1, -0.05) is 5.57 Å². The highest BCUT2D eigenvalue weighted by Crippen LogP contribution is 2.24. The molecule has 0 fully saturated rings. The zero-order valence-electron chi connectivity index (χ0n) is 17.2. The molecule has 2 aromatic rings. The van der Waals surface area contributed by atoms with Gasteiger partial charge < -0.3 is 13.6 Å². The van der Waals surface area contributed by atoms with E-state index < -0.39 is 0 Å². The second-order valence-corrected chi connectivity index (χ2v) is 7.80. The topological polar surface area (TPSA) is 56.5 Å². The van der Waals surface area contributed by atoms with Crippen LogP contribution in [0.3, 0.4) is 0 Å². The zero-order chi connectivity index (χ0) is 20.2. The van der Waals surface area contributed by atoms with E-state index in [9.17, 15) is 9.59 Å². The van der Waals surface area contributed by atoms with Gasteiger partial charge in [-0.2, -0.15) is 0 Å². The summed E-state index contributed by atoms with van der Waals surface area (Å²) in [5, 5.41) is 0.899. The van der Waals surface area contributed by atoms with Gasteiger partial charge in [-0.3, -0.25) is 4.79 Å². The van der Waals surface area contributed by atoms with Crippen LogP contribution in [0, 0.1) is 0 Å². The molecule has 1 aromatic heterocycles. The SMILES string of the molecule is CCOc1ccc2c(C[N+](C)(C)CCC(=O)C(C)=C(C)C)cc(=O)oc2c1. The highest BCUT2D eigenvalue weighted by atomic mass is 16.5. The molecule has 5 heteroatoms. The van der Waals surface area contributed by atoms with E-state index in [1.54, 1.807) is 12.1 Å². The summed E-state index contributed by atoms with van der Waals surface area (Å²) in [7, 11) is 4.14. The summed E-state index contributed by atoms with van der Waals surface area (Å²) < 4.78 is 11.5. The van der Waals surface area contributed by atoms with E-state index in [1.807, 2.05) is 39.8 Å². The average Bonchev–Trinajstić information content (AvgIpc) is 2.58. The van der Waals surface area contributed by atoms with E-state index in [0.717, 1.165) is 22.1 Å². The maximum Gasteiger partial charge on any atom is 0.336 e. The van der Waals surface area contributed by atoms with Gasteiger partial charge in [-0.15, -0.1) is 0 Å². The molecular formula is C22H30NO4+. The van der Waals surface area contributed by atoms with Crippen molar-refractivity contribution in [1.29, 1.82) is 0 Å². The third-order valence-corrected chi connectivity index (χ3v) is 4.82. The van der Waals surface area contributed by atoms with Gasteiger partial charge in [0.1, 0.15) is 17.9 Å². The highest BCUT2D eigenvalue weighted by Gasteiger charge is 2.21. The number of hydrogen-bond acceptors (Lipinski definition) is 4. The molecule has 0 radical (unpaired) electrons. The number of allylic oxidation sites excluding steroid dienone is 2. The van der Waals surface area contributed by atoms with E-state index in [-0.39, 0.29) is 11.4 Å². The zero-order valence-corrected chi connectivity index (χ0v) is 17.2. The molecule has 1 heterocycles. The molecule has 146 valence electrons. The van der Waals surface area contributed by atoms with Crippen molar-refractivity contribution in [1.82, 2.24) is 0 Å². The van der Waals surface area contributed by atoms with Crippen molar-refractivity contribution in [3.05, 3.63) is 51.4 Å². The molecule has 2 rings (SSSR count). The molecule has 27 heavy (non-hydrogen) atoms. The lowest BCUT2D eigenvalue weighted by molar-refractivity contribution is -0.902. The van der Waals surface area contributed by atoms with Gasteiger partial charge in [-0.05, 0) is 45.4 Å². The van der Waals surface area contributed by atoms with Crippen LogP contribution in [-0.4, -0.2) is 37.5 Å². The lowest BCUT2D eigenvalue weighted by atomic mass is 10.0. The van der Waals surface area contributed by atoms with E-state index in [0.29, 0.717) is 41.9 Å². The minimum absolute atomic E-state index is 0.181. The normalized spacial score (nSPS) is 11.5. The Morgan fingerprint density at radius 1 is 1.15 bits per heavy atom. The van der Waals surface area contributed by atoms with Gasteiger partial charge >= 0.3 is 5.63 Å². The van der Waals surface area contributed by atoms with Crippen molar-refractivity contribution in [3.8, 4) is 5.75 Å². The Hall–Kier alpha value is -2.40. The monoisotopic (exact) mass is 372 g/mol. The number of rotatable bonds is 8. The molecule has 0 atom stereocenters. The summed E-state index contributed by atoms with van der Waals surface area (Å²) in [5.41, 5.74) is 2.97. The lowest BCUT2D eigenvalue weighted by Gasteiger charge is -2.30. The third kappa shape index (κ3) is 5.54. The molecule has 0 unspecified atom stereocenters. The van der Waals surface area contributed by atoms with Crippen LogP contribution in [0.4, 0.5) is 0 Å². The number of ether oxygens (including phenoxy) is 1. The van der Waals surface area contributed by atoms with Crippen molar-refractivity contribution >= 4 is 16.8 Å². The van der Waals surface area contributed by atoms with Gasteiger partial charge in [0.25, 0.3) is 0 Å². The first-order valence-corrected chi connectivity index (χ1v) is 9.32. The summed E-state index contributed by atoms with van der Waals surface area (Å²) in [6.45, 7) is 9.59. The van der Waals surface area contributed by atoms with Gasteiger partial charge in [0, 0.05) is 23.1 Å². The van der Waals surface area contributed by atoms with E-state index in [1.165, 1.54) is 0 Å². The van der Waals surface area contributed by atoms with Crippen molar-refractivity contribution in [3.63, 3.8) is 0 Å². The summed E-state index contributed by atoms with van der Waals surface area (Å²) in [5.74, 6) is 0.863. The maximum atomic E-state index is 12.3. The van der Waals surface area contributed by atoms with Crippen molar-refractivity contribution in [2.24, 2.45) is 0 Å². The van der Waals surface area contributed by atoms with Crippen LogP contribution in [0.15, 0.2) is 44.6 Å². The number of benzene rings is 1. The summed E-state index contributed by atoms with van der Waals surface area (Å²) in [4.78, 5) is 24.3. The van der Waals surface area contributed by atoms with Crippen molar-refractivity contribution in [2.45, 2.75) is 40.7 Å². The summed E-state index contributed by atoms with van der Waals surface area (Å²) in [6, 6.07) is 7.12. The van der Waals surface area contributed by atoms with Crippen LogP contribution < -0.4 is 10.4 Å². The number of nitrogens with zero attached hydrogens (tertiary/aromatic N) is 1. The Labute approximate surface area is 160 Å². The first kappa shape index (κ1) is 20.9. The van der Waals surface area contributed by atoms with Crippen LogP contribution in [0.25, 0.3) is 11.0 Å². The van der Waals surface area contributed by atoms with E-state index in [2.05, 4.69) is 14.1 Å². The number of carbonyl (C=O) groups is 1. The van der Waals surface area contributed by atoms with Crippen molar-refractivity contribution in [2.75, 3.05) is 27.2 Å². The predicted octanol–water partition coefficient (Wildman–Crippen LogP) is 4.08. The molecule has 0 bridgehead atoms. The Kier molecular flexibility index (Phi) is 6.60. The van der Waals surface area contributed by atoms with Crippen LogP contribution in [-0.2, 0) is 11.3 Å².